The predicted molar refractivity (Wildman–Crippen MR) is 151 cm³/mol. The number of pyridine rings is 1. The molecule has 6 heteroatoms. The van der Waals surface area contributed by atoms with E-state index in [1.54, 1.807) is 36.7 Å². The van der Waals surface area contributed by atoms with Crippen molar-refractivity contribution < 1.29 is 14.0 Å². The minimum Gasteiger partial charge on any atom is -0.459 e. The fraction of sp³-hybridized carbons (Fsp3) is 0.121. The van der Waals surface area contributed by atoms with Gasteiger partial charge in [-0.15, -0.1) is 0 Å². The number of amides is 2. The van der Waals surface area contributed by atoms with Crippen LogP contribution in [-0.2, 0) is 11.2 Å². The van der Waals surface area contributed by atoms with Crippen LogP contribution in [0.4, 0.5) is 5.69 Å². The van der Waals surface area contributed by atoms with Crippen LogP contribution in [0.1, 0.15) is 51.8 Å². The number of aromatic nitrogens is 1. The van der Waals surface area contributed by atoms with Gasteiger partial charge in [0.15, 0.2) is 5.76 Å². The molecule has 0 aliphatic rings. The molecule has 2 aromatic heterocycles. The lowest BCUT2D eigenvalue weighted by Gasteiger charge is -2.31. The number of nitrogens with one attached hydrogen (secondary N) is 1. The summed E-state index contributed by atoms with van der Waals surface area (Å²) in [5, 5.41) is 3.10. The van der Waals surface area contributed by atoms with E-state index in [4.69, 9.17) is 4.42 Å². The van der Waals surface area contributed by atoms with E-state index in [9.17, 15) is 9.59 Å². The summed E-state index contributed by atoms with van der Waals surface area (Å²) in [7, 11) is 0. The molecule has 0 saturated carbocycles. The fourth-order valence-electron chi connectivity index (χ4n) is 4.58. The van der Waals surface area contributed by atoms with Crippen LogP contribution in [0.5, 0.6) is 0 Å². The SMILES string of the molecule is C[C@H](NC(=O)C(c1cccnc1)N(C(=O)c1ccco1)c1ccc(Cc2ccccc2)cc1)c1ccccc1. The van der Waals surface area contributed by atoms with Crippen LogP contribution in [0, 0.1) is 0 Å². The van der Waals surface area contributed by atoms with Crippen molar-refractivity contribution in [2.75, 3.05) is 4.90 Å². The summed E-state index contributed by atoms with van der Waals surface area (Å²) in [4.78, 5) is 33.6. The summed E-state index contributed by atoms with van der Waals surface area (Å²) in [6.07, 6.45) is 5.46. The molecule has 5 aromatic rings. The lowest BCUT2D eigenvalue weighted by atomic mass is 10.0. The first-order valence-corrected chi connectivity index (χ1v) is 12.9. The summed E-state index contributed by atoms with van der Waals surface area (Å²) in [6.45, 7) is 1.92. The topological polar surface area (TPSA) is 75.4 Å². The van der Waals surface area contributed by atoms with Crippen LogP contribution in [-0.4, -0.2) is 16.8 Å². The number of benzene rings is 3. The van der Waals surface area contributed by atoms with Gasteiger partial charge in [-0.1, -0.05) is 78.9 Å². The molecule has 0 radical (unpaired) electrons. The van der Waals surface area contributed by atoms with E-state index in [0.717, 1.165) is 17.5 Å². The van der Waals surface area contributed by atoms with Crippen molar-refractivity contribution >= 4 is 17.5 Å². The monoisotopic (exact) mass is 515 g/mol. The molecule has 2 atom stereocenters. The van der Waals surface area contributed by atoms with Crippen LogP contribution in [0.25, 0.3) is 0 Å². The third kappa shape index (κ3) is 6.13. The Bertz CT molecular complexity index is 1490. The number of furan rings is 1. The molecule has 0 saturated heterocycles. The Labute approximate surface area is 227 Å². The van der Waals surface area contributed by atoms with Crippen molar-refractivity contribution in [2.24, 2.45) is 0 Å². The van der Waals surface area contributed by atoms with Gasteiger partial charge in [0.25, 0.3) is 5.91 Å². The lowest BCUT2D eigenvalue weighted by Crippen LogP contribution is -2.44. The van der Waals surface area contributed by atoms with Crippen LogP contribution < -0.4 is 10.2 Å². The molecule has 5 rings (SSSR count). The first-order valence-electron chi connectivity index (χ1n) is 12.9. The molecule has 0 fully saturated rings. The van der Waals surface area contributed by atoms with Crippen molar-refractivity contribution in [3.8, 4) is 0 Å². The van der Waals surface area contributed by atoms with E-state index >= 15 is 0 Å². The Balaban J connectivity index is 1.52. The smallest absolute Gasteiger partial charge is 0.294 e. The van der Waals surface area contributed by atoms with Gasteiger partial charge in [0.2, 0.25) is 5.91 Å². The zero-order valence-corrected chi connectivity index (χ0v) is 21.6. The molecule has 0 bridgehead atoms. The van der Waals surface area contributed by atoms with Gasteiger partial charge in [0, 0.05) is 23.6 Å². The van der Waals surface area contributed by atoms with Gasteiger partial charge in [-0.2, -0.15) is 0 Å². The van der Waals surface area contributed by atoms with Crippen molar-refractivity contribution in [3.63, 3.8) is 0 Å². The Morgan fingerprint density at radius 2 is 1.46 bits per heavy atom. The van der Waals surface area contributed by atoms with Crippen LogP contribution in [0.2, 0.25) is 0 Å². The van der Waals surface area contributed by atoms with Gasteiger partial charge < -0.3 is 9.73 Å². The lowest BCUT2D eigenvalue weighted by molar-refractivity contribution is -0.123. The van der Waals surface area contributed by atoms with Crippen LogP contribution in [0.15, 0.2) is 132 Å². The molecule has 2 heterocycles. The molecule has 6 nitrogen and oxygen atoms in total. The number of carbonyl (C=O) groups excluding carboxylic acids is 2. The molecule has 0 spiro atoms. The maximum Gasteiger partial charge on any atom is 0.294 e. The van der Waals surface area contributed by atoms with Crippen molar-refractivity contribution in [2.45, 2.75) is 25.4 Å². The molecule has 1 N–H and O–H groups in total. The molecule has 3 aromatic carbocycles. The summed E-state index contributed by atoms with van der Waals surface area (Å²) in [6, 6.07) is 33.2. The molecule has 39 heavy (non-hydrogen) atoms. The maximum absolute atomic E-state index is 14.0. The summed E-state index contributed by atoms with van der Waals surface area (Å²) in [5.41, 5.74) is 4.41. The summed E-state index contributed by atoms with van der Waals surface area (Å²) in [5.74, 6) is -0.610. The quantitative estimate of drug-likeness (QED) is 0.242. The standard InChI is InChI=1S/C33H29N3O3/c1-24(27-12-6-3-7-13-27)35-32(37)31(28-14-8-20-34-23-28)36(33(38)30-15-9-21-39-30)29-18-16-26(17-19-29)22-25-10-4-2-5-11-25/h2-21,23-24,31H,22H2,1H3,(H,35,37)/t24-,31?/m0/s1. The molecule has 194 valence electrons. The predicted octanol–water partition coefficient (Wildman–Crippen LogP) is 6.53. The highest BCUT2D eigenvalue weighted by atomic mass is 16.3. The summed E-state index contributed by atoms with van der Waals surface area (Å²) >= 11 is 0. The summed E-state index contributed by atoms with van der Waals surface area (Å²) < 4.78 is 5.48. The second-order valence-corrected chi connectivity index (χ2v) is 9.31. The normalized spacial score (nSPS) is 12.3. The number of nitrogens with zero attached hydrogens (tertiary/aromatic N) is 2. The average Bonchev–Trinajstić information content (AvgIpc) is 3.53. The zero-order valence-electron chi connectivity index (χ0n) is 21.6. The van der Waals surface area contributed by atoms with Gasteiger partial charge in [0.1, 0.15) is 6.04 Å². The van der Waals surface area contributed by atoms with E-state index in [-0.39, 0.29) is 17.7 Å². The number of carbonyl (C=O) groups is 2. The molecule has 0 aliphatic carbocycles. The van der Waals surface area contributed by atoms with Gasteiger partial charge in [-0.05, 0) is 60.4 Å². The molecule has 2 amide bonds. The van der Waals surface area contributed by atoms with E-state index in [0.29, 0.717) is 11.3 Å². The second kappa shape index (κ2) is 12.0. The van der Waals surface area contributed by atoms with E-state index < -0.39 is 11.9 Å². The Kier molecular flexibility index (Phi) is 7.93. The number of rotatable bonds is 9. The largest absolute Gasteiger partial charge is 0.459 e. The second-order valence-electron chi connectivity index (χ2n) is 9.31. The van der Waals surface area contributed by atoms with Gasteiger partial charge >= 0.3 is 0 Å². The molecular formula is C33H29N3O3. The zero-order chi connectivity index (χ0) is 27.0. The Morgan fingerprint density at radius 3 is 2.10 bits per heavy atom. The van der Waals surface area contributed by atoms with Gasteiger partial charge in [0.05, 0.1) is 12.3 Å². The van der Waals surface area contributed by atoms with Crippen molar-refractivity contribution in [1.82, 2.24) is 10.3 Å². The molecule has 1 unspecified atom stereocenters. The van der Waals surface area contributed by atoms with Crippen LogP contribution in [0.3, 0.4) is 0 Å². The number of hydrogen-bond donors (Lipinski definition) is 1. The number of hydrogen-bond acceptors (Lipinski definition) is 4. The van der Waals surface area contributed by atoms with E-state index in [2.05, 4.69) is 22.4 Å². The molecular weight excluding hydrogens is 486 g/mol. The first-order chi connectivity index (χ1) is 19.1. The highest BCUT2D eigenvalue weighted by Gasteiger charge is 2.35. The highest BCUT2D eigenvalue weighted by molar-refractivity contribution is 6.08. The Morgan fingerprint density at radius 1 is 0.795 bits per heavy atom. The highest BCUT2D eigenvalue weighted by Crippen LogP contribution is 2.31. The van der Waals surface area contributed by atoms with Gasteiger partial charge in [-0.3, -0.25) is 19.5 Å². The fourth-order valence-corrected chi connectivity index (χ4v) is 4.58. The van der Waals surface area contributed by atoms with Crippen molar-refractivity contribution in [3.05, 3.63) is 156 Å². The van der Waals surface area contributed by atoms with Crippen molar-refractivity contribution in [1.29, 1.82) is 0 Å². The third-order valence-electron chi connectivity index (χ3n) is 6.58. The first kappa shape index (κ1) is 25.7. The van der Waals surface area contributed by atoms with Gasteiger partial charge in [-0.25, -0.2) is 0 Å². The minimum absolute atomic E-state index is 0.140. The van der Waals surface area contributed by atoms with Crippen LogP contribution >= 0.6 is 0 Å². The average molecular weight is 516 g/mol. The van der Waals surface area contributed by atoms with E-state index in [1.165, 1.54) is 16.7 Å². The molecule has 0 aliphatic heterocycles. The third-order valence-corrected chi connectivity index (χ3v) is 6.58. The maximum atomic E-state index is 14.0. The minimum atomic E-state index is -0.984. The Hall–Kier alpha value is -4.97. The van der Waals surface area contributed by atoms with E-state index in [1.807, 2.05) is 79.7 Å². The number of anilines is 1.